The Labute approximate surface area is 122 Å². The summed E-state index contributed by atoms with van der Waals surface area (Å²) in [7, 11) is 1.18. The fraction of sp³-hybridized carbons (Fsp3) is 0.154. The summed E-state index contributed by atoms with van der Waals surface area (Å²) in [6.45, 7) is 0. The van der Waals surface area contributed by atoms with Gasteiger partial charge in [0.15, 0.2) is 5.69 Å². The van der Waals surface area contributed by atoms with Crippen LogP contribution in [0.4, 0.5) is 13.2 Å². The number of hydrogen-bond acceptors (Lipinski definition) is 4. The topological polar surface area (TPSA) is 52.1 Å². The van der Waals surface area contributed by atoms with Crippen molar-refractivity contribution in [2.45, 2.75) is 6.18 Å². The van der Waals surface area contributed by atoms with E-state index in [1.54, 1.807) is 0 Å². The van der Waals surface area contributed by atoms with E-state index in [0.717, 1.165) is 12.1 Å². The van der Waals surface area contributed by atoms with Crippen LogP contribution < -0.4 is 0 Å². The number of rotatable bonds is 2. The maximum atomic E-state index is 12.5. The Morgan fingerprint density at radius 1 is 1.19 bits per heavy atom. The molecule has 0 unspecified atom stereocenters. The molecule has 0 aliphatic carbocycles. The van der Waals surface area contributed by atoms with Crippen LogP contribution in [0.3, 0.4) is 0 Å². The lowest BCUT2D eigenvalue weighted by atomic mass is 10.1. The van der Waals surface area contributed by atoms with E-state index in [0.29, 0.717) is 5.56 Å². The number of ether oxygens (including phenoxy) is 1. The summed E-state index contributed by atoms with van der Waals surface area (Å²) in [5, 5.41) is -0.201. The van der Waals surface area contributed by atoms with E-state index < -0.39 is 17.7 Å². The Bertz CT molecular complexity index is 672. The molecule has 1 aromatic heterocycles. The molecule has 0 saturated heterocycles. The highest BCUT2D eigenvalue weighted by Crippen LogP contribution is 2.30. The highest BCUT2D eigenvalue weighted by molar-refractivity contribution is 6.28. The third kappa shape index (κ3) is 3.49. The number of halogens is 4. The molecular weight excluding hydrogens is 309 g/mol. The van der Waals surface area contributed by atoms with Gasteiger partial charge in [-0.1, -0.05) is 12.1 Å². The zero-order chi connectivity index (χ0) is 15.6. The molecule has 110 valence electrons. The van der Waals surface area contributed by atoms with Gasteiger partial charge in [0.2, 0.25) is 5.28 Å². The van der Waals surface area contributed by atoms with Crippen LogP contribution in [0.5, 0.6) is 0 Å². The Balaban J connectivity index is 2.42. The van der Waals surface area contributed by atoms with Crippen molar-refractivity contribution in [2.75, 3.05) is 7.11 Å². The van der Waals surface area contributed by atoms with Gasteiger partial charge in [-0.25, -0.2) is 14.8 Å². The Hall–Kier alpha value is -2.15. The zero-order valence-electron chi connectivity index (χ0n) is 10.6. The fourth-order valence-corrected chi connectivity index (χ4v) is 1.79. The van der Waals surface area contributed by atoms with Crippen LogP contribution in [0.1, 0.15) is 16.1 Å². The monoisotopic (exact) mass is 316 g/mol. The lowest BCUT2D eigenvalue weighted by Gasteiger charge is -2.08. The van der Waals surface area contributed by atoms with Gasteiger partial charge in [-0.2, -0.15) is 13.2 Å². The molecule has 0 atom stereocenters. The van der Waals surface area contributed by atoms with Gasteiger partial charge in [0.25, 0.3) is 0 Å². The number of hydrogen-bond donors (Lipinski definition) is 0. The van der Waals surface area contributed by atoms with Crippen molar-refractivity contribution < 1.29 is 22.7 Å². The minimum Gasteiger partial charge on any atom is -0.464 e. The number of carbonyl (C=O) groups excluding carboxylic acids is 1. The van der Waals surface area contributed by atoms with Crippen molar-refractivity contribution in [3.63, 3.8) is 0 Å². The maximum Gasteiger partial charge on any atom is 0.416 e. The van der Waals surface area contributed by atoms with Crippen LogP contribution in [0, 0.1) is 0 Å². The molecule has 0 amide bonds. The highest BCUT2D eigenvalue weighted by Gasteiger charge is 2.30. The van der Waals surface area contributed by atoms with Crippen molar-refractivity contribution in [1.29, 1.82) is 0 Å². The molecule has 4 nitrogen and oxygen atoms in total. The number of carbonyl (C=O) groups is 1. The number of benzene rings is 1. The summed E-state index contributed by atoms with van der Waals surface area (Å²) < 4.78 is 42.0. The molecule has 0 aliphatic rings. The highest BCUT2D eigenvalue weighted by atomic mass is 35.5. The second-order valence-corrected chi connectivity index (χ2v) is 4.31. The molecule has 1 heterocycles. The largest absolute Gasteiger partial charge is 0.464 e. The van der Waals surface area contributed by atoms with Gasteiger partial charge >= 0.3 is 12.1 Å². The van der Waals surface area contributed by atoms with Crippen molar-refractivity contribution in [3.05, 3.63) is 46.9 Å². The summed E-state index contributed by atoms with van der Waals surface area (Å²) in [4.78, 5) is 19.0. The van der Waals surface area contributed by atoms with E-state index in [9.17, 15) is 18.0 Å². The SMILES string of the molecule is COC(=O)c1cc(-c2ccc(C(F)(F)F)cc2)nc(Cl)n1. The predicted octanol–water partition coefficient (Wildman–Crippen LogP) is 3.60. The van der Waals surface area contributed by atoms with Gasteiger partial charge in [0.05, 0.1) is 18.4 Å². The normalized spacial score (nSPS) is 11.3. The van der Waals surface area contributed by atoms with E-state index >= 15 is 0 Å². The smallest absolute Gasteiger partial charge is 0.416 e. The molecule has 0 spiro atoms. The number of esters is 1. The molecule has 8 heteroatoms. The minimum atomic E-state index is -4.42. The average Bonchev–Trinajstić information content (AvgIpc) is 2.45. The molecule has 0 radical (unpaired) electrons. The Kier molecular flexibility index (Phi) is 4.13. The second kappa shape index (κ2) is 5.69. The first-order valence-electron chi connectivity index (χ1n) is 5.62. The number of methoxy groups -OCH3 is 1. The zero-order valence-corrected chi connectivity index (χ0v) is 11.4. The first-order chi connectivity index (χ1) is 9.81. The minimum absolute atomic E-state index is 0.0765. The lowest BCUT2D eigenvalue weighted by molar-refractivity contribution is -0.137. The van der Waals surface area contributed by atoms with Crippen LogP contribution in [0.15, 0.2) is 30.3 Å². The number of nitrogens with zero attached hydrogens (tertiary/aromatic N) is 2. The molecule has 0 saturated carbocycles. The maximum absolute atomic E-state index is 12.5. The van der Waals surface area contributed by atoms with Crippen LogP contribution in [-0.4, -0.2) is 23.0 Å². The molecule has 0 N–H and O–H groups in total. The summed E-state index contributed by atoms with van der Waals surface area (Å²) >= 11 is 5.69. The van der Waals surface area contributed by atoms with E-state index in [1.165, 1.54) is 25.3 Å². The lowest BCUT2D eigenvalue weighted by Crippen LogP contribution is -2.06. The van der Waals surface area contributed by atoms with Crippen LogP contribution in [0.25, 0.3) is 11.3 Å². The van der Waals surface area contributed by atoms with Crippen LogP contribution in [-0.2, 0) is 10.9 Å². The quantitative estimate of drug-likeness (QED) is 0.627. The second-order valence-electron chi connectivity index (χ2n) is 3.97. The van der Waals surface area contributed by atoms with Crippen molar-refractivity contribution >= 4 is 17.6 Å². The first-order valence-corrected chi connectivity index (χ1v) is 5.99. The van der Waals surface area contributed by atoms with Gasteiger partial charge in [-0.3, -0.25) is 0 Å². The van der Waals surface area contributed by atoms with Crippen molar-refractivity contribution in [1.82, 2.24) is 9.97 Å². The van der Waals surface area contributed by atoms with E-state index in [-0.39, 0.29) is 16.7 Å². The number of alkyl halides is 3. The van der Waals surface area contributed by atoms with Gasteiger partial charge in [-0.05, 0) is 29.8 Å². The third-order valence-corrected chi connectivity index (χ3v) is 2.77. The Morgan fingerprint density at radius 3 is 2.33 bits per heavy atom. The van der Waals surface area contributed by atoms with E-state index in [2.05, 4.69) is 14.7 Å². The van der Waals surface area contributed by atoms with Crippen molar-refractivity contribution in [2.24, 2.45) is 0 Å². The Morgan fingerprint density at radius 2 is 1.81 bits per heavy atom. The molecule has 1 aromatic carbocycles. The summed E-state index contributed by atoms with van der Waals surface area (Å²) in [5.41, 5.74) is -0.256. The third-order valence-electron chi connectivity index (χ3n) is 2.60. The van der Waals surface area contributed by atoms with E-state index in [1.807, 2.05) is 0 Å². The summed E-state index contributed by atoms with van der Waals surface area (Å²) in [6, 6.07) is 5.61. The first kappa shape index (κ1) is 15.2. The van der Waals surface area contributed by atoms with Gasteiger partial charge in [0, 0.05) is 5.56 Å². The fourth-order valence-electron chi connectivity index (χ4n) is 1.60. The summed E-state index contributed by atoms with van der Waals surface area (Å²) in [6.07, 6.45) is -4.42. The van der Waals surface area contributed by atoms with Crippen molar-refractivity contribution in [3.8, 4) is 11.3 Å². The van der Waals surface area contributed by atoms with Crippen LogP contribution >= 0.6 is 11.6 Å². The van der Waals surface area contributed by atoms with Gasteiger partial charge in [-0.15, -0.1) is 0 Å². The molecule has 0 aliphatic heterocycles. The molecule has 2 aromatic rings. The van der Waals surface area contributed by atoms with Crippen LogP contribution in [0.2, 0.25) is 5.28 Å². The molecule has 21 heavy (non-hydrogen) atoms. The molecule has 0 bridgehead atoms. The molecule has 0 fully saturated rings. The molecular formula is C13H8ClF3N2O2. The van der Waals surface area contributed by atoms with Gasteiger partial charge in [0.1, 0.15) is 0 Å². The average molecular weight is 317 g/mol. The summed E-state index contributed by atoms with van der Waals surface area (Å²) in [5.74, 6) is -0.715. The van der Waals surface area contributed by atoms with E-state index in [4.69, 9.17) is 11.6 Å². The molecule has 2 rings (SSSR count). The van der Waals surface area contributed by atoms with Gasteiger partial charge < -0.3 is 4.74 Å². The standard InChI is InChI=1S/C13H8ClF3N2O2/c1-21-11(20)10-6-9(18-12(14)19-10)7-2-4-8(5-3-7)13(15,16)17/h2-6H,1H3. The number of aromatic nitrogens is 2. The predicted molar refractivity (Wildman–Crippen MR) is 68.8 cm³/mol.